The van der Waals surface area contributed by atoms with Crippen LogP contribution in [0.4, 0.5) is 0 Å². The molecule has 1 fully saturated rings. The van der Waals surface area contributed by atoms with Crippen molar-refractivity contribution in [1.29, 1.82) is 0 Å². The number of rotatable bonds is 6. The van der Waals surface area contributed by atoms with Crippen molar-refractivity contribution < 1.29 is 0 Å². The Balaban J connectivity index is 1.45. The van der Waals surface area contributed by atoms with E-state index in [-0.39, 0.29) is 10.8 Å². The Morgan fingerprint density at radius 1 is 1.34 bits per heavy atom. The van der Waals surface area contributed by atoms with Crippen LogP contribution < -0.4 is 5.56 Å². The van der Waals surface area contributed by atoms with Gasteiger partial charge in [-0.05, 0) is 50.6 Å². The Hall–Kier alpha value is -1.97. The minimum atomic E-state index is -0.0543. The lowest BCUT2D eigenvalue weighted by Crippen LogP contribution is -2.13. The van der Waals surface area contributed by atoms with Crippen molar-refractivity contribution >= 4 is 44.7 Å². The summed E-state index contributed by atoms with van der Waals surface area (Å²) in [5.41, 5.74) is 0.971. The fourth-order valence-corrected chi connectivity index (χ4v) is 6.19. The molecule has 1 N–H and O–H groups in total. The molecular formula is C20H21N5OS3. The average Bonchev–Trinajstić information content (AvgIpc) is 3.11. The highest BCUT2D eigenvalue weighted by molar-refractivity contribution is 7.99. The van der Waals surface area contributed by atoms with E-state index in [1.807, 2.05) is 13.8 Å². The summed E-state index contributed by atoms with van der Waals surface area (Å²) in [6.07, 6.45) is 3.16. The van der Waals surface area contributed by atoms with Crippen LogP contribution in [0.1, 0.15) is 58.0 Å². The molecule has 0 radical (unpaired) electrons. The summed E-state index contributed by atoms with van der Waals surface area (Å²) in [7, 11) is 0. The fraction of sp³-hybridized carbons (Fsp3) is 0.400. The molecule has 4 aromatic heterocycles. The van der Waals surface area contributed by atoms with Crippen molar-refractivity contribution in [2.24, 2.45) is 0 Å². The van der Waals surface area contributed by atoms with Gasteiger partial charge in [-0.2, -0.15) is 0 Å². The molecule has 0 saturated heterocycles. The number of aromatic nitrogens is 5. The van der Waals surface area contributed by atoms with Gasteiger partial charge in [-0.25, -0.2) is 4.98 Å². The second kappa shape index (κ2) is 7.37. The summed E-state index contributed by atoms with van der Waals surface area (Å²) in [6.45, 7) is 6.08. The number of fused-ring (bicyclic) bond motifs is 1. The minimum Gasteiger partial charge on any atom is -0.309 e. The van der Waals surface area contributed by atoms with Crippen LogP contribution in [0, 0.1) is 13.8 Å². The summed E-state index contributed by atoms with van der Waals surface area (Å²) in [4.78, 5) is 23.6. The molecule has 0 aromatic carbocycles. The smallest absolute Gasteiger partial charge is 0.259 e. The number of H-pyrrole nitrogens is 1. The van der Waals surface area contributed by atoms with Crippen molar-refractivity contribution in [2.45, 2.75) is 56.5 Å². The van der Waals surface area contributed by atoms with Gasteiger partial charge in [0.25, 0.3) is 5.56 Å². The van der Waals surface area contributed by atoms with Crippen LogP contribution in [-0.2, 0) is 6.42 Å². The monoisotopic (exact) mass is 443 g/mol. The van der Waals surface area contributed by atoms with Crippen LogP contribution in [0.2, 0.25) is 0 Å². The Morgan fingerprint density at radius 2 is 2.17 bits per heavy atom. The molecule has 9 heteroatoms. The molecular weight excluding hydrogens is 422 g/mol. The molecule has 6 nitrogen and oxygen atoms in total. The third-order valence-electron chi connectivity index (χ3n) is 5.28. The Labute approximate surface area is 180 Å². The maximum atomic E-state index is 12.6. The lowest BCUT2D eigenvalue weighted by Gasteiger charge is -2.12. The number of nitrogens with one attached hydrogen (secondary N) is 1. The van der Waals surface area contributed by atoms with Gasteiger partial charge in [-0.15, -0.1) is 32.9 Å². The maximum absolute atomic E-state index is 12.6. The first kappa shape index (κ1) is 19.0. The lowest BCUT2D eigenvalue weighted by molar-refractivity contribution is 0.633. The van der Waals surface area contributed by atoms with E-state index in [0.717, 1.165) is 32.7 Å². The second-order valence-electron chi connectivity index (χ2n) is 7.43. The van der Waals surface area contributed by atoms with E-state index in [2.05, 4.69) is 44.2 Å². The first-order chi connectivity index (χ1) is 14.0. The number of hydrogen-bond acceptors (Lipinski definition) is 7. The molecule has 1 aliphatic carbocycles. The quantitative estimate of drug-likeness (QED) is 0.423. The summed E-state index contributed by atoms with van der Waals surface area (Å²) in [5.74, 6) is 1.71. The van der Waals surface area contributed by atoms with Gasteiger partial charge in [-0.1, -0.05) is 17.8 Å². The standard InChI is InChI=1S/C20H21N5OS3/c1-10-11(2)28-19-16(10)18(26)21-17(22-19)12(3)29-20-24-23-15(25(20)13-6-7-13)9-14-5-4-8-27-14/h4-5,8,12-13H,6-7,9H2,1-3H3,(H,21,22,26)/t12-/m1/s1. The normalized spacial score (nSPS) is 15.3. The number of thioether (sulfide) groups is 1. The number of hydrogen-bond donors (Lipinski definition) is 1. The van der Waals surface area contributed by atoms with E-state index in [0.29, 0.717) is 17.3 Å². The van der Waals surface area contributed by atoms with Gasteiger partial charge in [0.1, 0.15) is 16.5 Å². The van der Waals surface area contributed by atoms with Crippen LogP contribution in [0.15, 0.2) is 27.5 Å². The maximum Gasteiger partial charge on any atom is 0.259 e. The van der Waals surface area contributed by atoms with Crippen molar-refractivity contribution in [2.75, 3.05) is 0 Å². The summed E-state index contributed by atoms with van der Waals surface area (Å²) in [6, 6.07) is 4.70. The largest absolute Gasteiger partial charge is 0.309 e. The molecule has 0 aliphatic heterocycles. The molecule has 0 amide bonds. The van der Waals surface area contributed by atoms with Crippen LogP contribution in [-0.4, -0.2) is 24.7 Å². The summed E-state index contributed by atoms with van der Waals surface area (Å²) >= 11 is 4.95. The Bertz CT molecular complexity index is 1230. The summed E-state index contributed by atoms with van der Waals surface area (Å²) < 4.78 is 2.29. The minimum absolute atomic E-state index is 0.0221. The van der Waals surface area contributed by atoms with Crippen LogP contribution in [0.3, 0.4) is 0 Å². The van der Waals surface area contributed by atoms with Crippen LogP contribution in [0.25, 0.3) is 10.2 Å². The molecule has 29 heavy (non-hydrogen) atoms. The molecule has 4 aromatic rings. The van der Waals surface area contributed by atoms with E-state index < -0.39 is 0 Å². The highest BCUT2D eigenvalue weighted by Crippen LogP contribution is 2.42. The highest BCUT2D eigenvalue weighted by Gasteiger charge is 2.31. The van der Waals surface area contributed by atoms with E-state index in [1.54, 1.807) is 34.4 Å². The Kier molecular flexibility index (Phi) is 4.84. The van der Waals surface area contributed by atoms with Gasteiger partial charge in [-0.3, -0.25) is 4.79 Å². The first-order valence-corrected chi connectivity index (χ1v) is 12.2. The molecule has 4 heterocycles. The van der Waals surface area contributed by atoms with Gasteiger partial charge in [0.05, 0.1) is 10.6 Å². The van der Waals surface area contributed by atoms with Gasteiger partial charge >= 0.3 is 0 Å². The fourth-order valence-electron chi connectivity index (χ4n) is 3.45. The molecule has 5 rings (SSSR count). The zero-order valence-corrected chi connectivity index (χ0v) is 18.9. The average molecular weight is 444 g/mol. The predicted octanol–water partition coefficient (Wildman–Crippen LogP) is 5.03. The van der Waals surface area contributed by atoms with Gasteiger partial charge < -0.3 is 9.55 Å². The SMILES string of the molecule is Cc1sc2nc([C@@H](C)Sc3nnc(Cc4cccs4)n3C3CC3)[nH]c(=O)c2c1C. The highest BCUT2D eigenvalue weighted by atomic mass is 32.2. The molecule has 0 bridgehead atoms. The molecule has 0 spiro atoms. The van der Waals surface area contributed by atoms with Gasteiger partial charge in [0, 0.05) is 22.2 Å². The molecule has 1 aliphatic rings. The van der Waals surface area contributed by atoms with Crippen LogP contribution in [0.5, 0.6) is 0 Å². The third-order valence-corrected chi connectivity index (χ3v) is 8.33. The lowest BCUT2D eigenvalue weighted by atomic mass is 10.2. The molecule has 150 valence electrons. The second-order valence-corrected chi connectivity index (χ2v) is 11.0. The van der Waals surface area contributed by atoms with E-state index in [1.165, 1.54) is 17.7 Å². The van der Waals surface area contributed by atoms with E-state index in [4.69, 9.17) is 4.98 Å². The molecule has 1 saturated carbocycles. The van der Waals surface area contributed by atoms with E-state index >= 15 is 0 Å². The van der Waals surface area contributed by atoms with Crippen LogP contribution >= 0.6 is 34.4 Å². The number of aromatic amines is 1. The van der Waals surface area contributed by atoms with Crippen molar-refractivity contribution in [3.05, 3.63) is 54.8 Å². The third kappa shape index (κ3) is 3.55. The number of aryl methyl sites for hydroxylation is 2. The zero-order chi connectivity index (χ0) is 20.1. The number of nitrogens with zero attached hydrogens (tertiary/aromatic N) is 4. The Morgan fingerprint density at radius 3 is 2.90 bits per heavy atom. The van der Waals surface area contributed by atoms with Crippen molar-refractivity contribution in [1.82, 2.24) is 24.7 Å². The van der Waals surface area contributed by atoms with Crippen molar-refractivity contribution in [3.8, 4) is 0 Å². The summed E-state index contributed by atoms with van der Waals surface area (Å²) in [5, 5.41) is 12.7. The topological polar surface area (TPSA) is 76.5 Å². The van der Waals surface area contributed by atoms with E-state index in [9.17, 15) is 4.79 Å². The molecule has 0 unspecified atom stereocenters. The molecule has 1 atom stereocenters. The number of thiophene rings is 2. The van der Waals surface area contributed by atoms with Gasteiger partial charge in [0.2, 0.25) is 0 Å². The van der Waals surface area contributed by atoms with Crippen molar-refractivity contribution in [3.63, 3.8) is 0 Å². The van der Waals surface area contributed by atoms with Gasteiger partial charge in [0.15, 0.2) is 5.16 Å². The predicted molar refractivity (Wildman–Crippen MR) is 119 cm³/mol. The zero-order valence-electron chi connectivity index (χ0n) is 16.4. The first-order valence-electron chi connectivity index (χ1n) is 9.64.